The van der Waals surface area contributed by atoms with E-state index in [1.807, 2.05) is 25.2 Å². The van der Waals surface area contributed by atoms with E-state index in [4.69, 9.17) is 0 Å². The second-order valence-corrected chi connectivity index (χ2v) is 4.56. The van der Waals surface area contributed by atoms with Crippen LogP contribution in [0.15, 0.2) is 37.0 Å². The smallest absolute Gasteiger partial charge is 0.120 e. The molecular weight excluding hydrogens is 204 g/mol. The first-order chi connectivity index (χ1) is 7.24. The molecule has 0 aliphatic rings. The Bertz CT molecular complexity index is 363. The number of hydrogen-bond acceptors (Lipinski definition) is 3. The topological polar surface area (TPSA) is 25.8 Å². The summed E-state index contributed by atoms with van der Waals surface area (Å²) in [5.41, 5.74) is 0. The summed E-state index contributed by atoms with van der Waals surface area (Å²) in [6.45, 7) is 7.76. The highest BCUT2D eigenvalue weighted by atomic mass is 32.1. The lowest BCUT2D eigenvalue weighted by atomic mass is 10.1. The molecule has 0 aromatic carbocycles. The van der Waals surface area contributed by atoms with Crippen LogP contribution in [0.4, 0.5) is 0 Å². The van der Waals surface area contributed by atoms with Gasteiger partial charge in [-0.1, -0.05) is 43.9 Å². The van der Waals surface area contributed by atoms with E-state index in [0.717, 1.165) is 16.4 Å². The third-order valence-corrected chi connectivity index (χ3v) is 3.02. The molecule has 0 amide bonds. The van der Waals surface area contributed by atoms with Crippen molar-refractivity contribution in [3.05, 3.63) is 47.0 Å². The van der Waals surface area contributed by atoms with Gasteiger partial charge in [0.2, 0.25) is 0 Å². The highest BCUT2D eigenvalue weighted by molar-refractivity contribution is 7.11. The van der Waals surface area contributed by atoms with Gasteiger partial charge < -0.3 is 0 Å². The van der Waals surface area contributed by atoms with Crippen molar-refractivity contribution >= 4 is 11.3 Å². The predicted octanol–water partition coefficient (Wildman–Crippen LogP) is 3.64. The lowest BCUT2D eigenvalue weighted by Gasteiger charge is -2.01. The van der Waals surface area contributed by atoms with E-state index in [2.05, 4.69) is 29.8 Å². The minimum atomic E-state index is 0.449. The number of nitrogens with zero attached hydrogens (tertiary/aromatic N) is 2. The first-order valence-corrected chi connectivity index (χ1v) is 5.80. The number of aryl methyl sites for hydroxylation is 1. The number of allylic oxidation sites excluding steroid dienone is 5. The SMILES string of the molecule is C=C/C=C\C=C/CC(C)c1nnc(C)s1. The summed E-state index contributed by atoms with van der Waals surface area (Å²) in [4.78, 5) is 0. The van der Waals surface area contributed by atoms with Gasteiger partial charge >= 0.3 is 0 Å². The van der Waals surface area contributed by atoms with Gasteiger partial charge in [0.25, 0.3) is 0 Å². The lowest BCUT2D eigenvalue weighted by molar-refractivity contribution is 0.754. The summed E-state index contributed by atoms with van der Waals surface area (Å²) in [7, 11) is 0. The highest BCUT2D eigenvalue weighted by Crippen LogP contribution is 2.22. The normalized spacial score (nSPS) is 13.7. The van der Waals surface area contributed by atoms with Crippen LogP contribution in [0.3, 0.4) is 0 Å². The van der Waals surface area contributed by atoms with Crippen LogP contribution in [0.5, 0.6) is 0 Å². The van der Waals surface area contributed by atoms with Gasteiger partial charge in [-0.25, -0.2) is 0 Å². The largest absolute Gasteiger partial charge is 0.144 e. The van der Waals surface area contributed by atoms with Crippen molar-refractivity contribution in [3.63, 3.8) is 0 Å². The van der Waals surface area contributed by atoms with E-state index < -0.39 is 0 Å². The van der Waals surface area contributed by atoms with Gasteiger partial charge in [-0.15, -0.1) is 21.5 Å². The Balaban J connectivity index is 2.42. The van der Waals surface area contributed by atoms with E-state index in [-0.39, 0.29) is 0 Å². The third kappa shape index (κ3) is 4.21. The molecule has 3 heteroatoms. The Morgan fingerprint density at radius 2 is 2.13 bits per heavy atom. The van der Waals surface area contributed by atoms with E-state index >= 15 is 0 Å². The van der Waals surface area contributed by atoms with E-state index in [1.54, 1.807) is 17.4 Å². The Kier molecular flexibility index (Phi) is 4.98. The number of hydrogen-bond donors (Lipinski definition) is 0. The van der Waals surface area contributed by atoms with Crippen LogP contribution < -0.4 is 0 Å². The zero-order valence-electron chi connectivity index (χ0n) is 9.18. The Morgan fingerprint density at radius 1 is 1.33 bits per heavy atom. The predicted molar refractivity (Wildman–Crippen MR) is 66.2 cm³/mol. The van der Waals surface area contributed by atoms with Gasteiger partial charge in [0.15, 0.2) is 0 Å². The Labute approximate surface area is 95.1 Å². The van der Waals surface area contributed by atoms with E-state index in [1.165, 1.54) is 0 Å². The third-order valence-electron chi connectivity index (χ3n) is 1.95. The molecule has 0 N–H and O–H groups in total. The van der Waals surface area contributed by atoms with Crippen molar-refractivity contribution in [2.24, 2.45) is 0 Å². The molecule has 0 spiro atoms. The van der Waals surface area contributed by atoms with Gasteiger partial charge in [0, 0.05) is 5.92 Å². The molecule has 0 fully saturated rings. The molecule has 1 heterocycles. The minimum absolute atomic E-state index is 0.449. The second-order valence-electron chi connectivity index (χ2n) is 3.34. The van der Waals surface area contributed by atoms with Gasteiger partial charge in [0.05, 0.1) is 0 Å². The van der Waals surface area contributed by atoms with Crippen LogP contribution in [-0.2, 0) is 0 Å². The zero-order chi connectivity index (χ0) is 11.1. The molecule has 0 radical (unpaired) electrons. The van der Waals surface area contributed by atoms with Crippen LogP contribution >= 0.6 is 11.3 Å². The molecule has 2 nitrogen and oxygen atoms in total. The summed E-state index contributed by atoms with van der Waals surface area (Å²) >= 11 is 1.67. The molecule has 0 aliphatic carbocycles. The number of aromatic nitrogens is 2. The van der Waals surface area contributed by atoms with Crippen molar-refractivity contribution < 1.29 is 0 Å². The van der Waals surface area contributed by atoms with Crippen molar-refractivity contribution in [3.8, 4) is 0 Å². The molecule has 0 bridgehead atoms. The van der Waals surface area contributed by atoms with Crippen molar-refractivity contribution in [2.75, 3.05) is 0 Å². The average molecular weight is 220 g/mol. The molecule has 0 aliphatic heterocycles. The second kappa shape index (κ2) is 6.30. The van der Waals surface area contributed by atoms with Crippen LogP contribution in [0.1, 0.15) is 29.3 Å². The molecule has 80 valence electrons. The first-order valence-electron chi connectivity index (χ1n) is 4.98. The standard InChI is InChI=1S/C12H16N2S/c1-4-5-6-7-8-9-10(2)12-14-13-11(3)15-12/h4-8,10H,1,9H2,2-3H3/b6-5-,8-7-. The van der Waals surface area contributed by atoms with Crippen molar-refractivity contribution in [1.29, 1.82) is 0 Å². The summed E-state index contributed by atoms with van der Waals surface area (Å²) in [6, 6.07) is 0. The summed E-state index contributed by atoms with van der Waals surface area (Å²) in [5.74, 6) is 0.449. The Morgan fingerprint density at radius 3 is 2.73 bits per heavy atom. The first kappa shape index (κ1) is 11.9. The molecule has 1 aromatic rings. The van der Waals surface area contributed by atoms with E-state index in [0.29, 0.717) is 5.92 Å². The summed E-state index contributed by atoms with van der Waals surface area (Å²) in [6.07, 6.45) is 10.8. The molecule has 1 aromatic heterocycles. The minimum Gasteiger partial charge on any atom is -0.144 e. The molecule has 15 heavy (non-hydrogen) atoms. The maximum atomic E-state index is 4.13. The van der Waals surface area contributed by atoms with E-state index in [9.17, 15) is 0 Å². The number of rotatable bonds is 5. The molecule has 1 unspecified atom stereocenters. The van der Waals surface area contributed by atoms with Gasteiger partial charge in [-0.2, -0.15) is 0 Å². The molecular formula is C12H16N2S. The fraction of sp³-hybridized carbons (Fsp3) is 0.333. The van der Waals surface area contributed by atoms with Crippen LogP contribution in [-0.4, -0.2) is 10.2 Å². The summed E-state index contributed by atoms with van der Waals surface area (Å²) in [5, 5.41) is 10.3. The monoisotopic (exact) mass is 220 g/mol. The van der Waals surface area contributed by atoms with Crippen LogP contribution in [0, 0.1) is 6.92 Å². The molecule has 1 rings (SSSR count). The van der Waals surface area contributed by atoms with Crippen molar-refractivity contribution in [2.45, 2.75) is 26.2 Å². The van der Waals surface area contributed by atoms with Gasteiger partial charge in [-0.3, -0.25) is 0 Å². The zero-order valence-corrected chi connectivity index (χ0v) is 10.00. The van der Waals surface area contributed by atoms with Crippen LogP contribution in [0.2, 0.25) is 0 Å². The Hall–Kier alpha value is -1.22. The van der Waals surface area contributed by atoms with Crippen molar-refractivity contribution in [1.82, 2.24) is 10.2 Å². The van der Waals surface area contributed by atoms with Gasteiger partial charge in [-0.05, 0) is 13.3 Å². The molecule has 1 atom stereocenters. The fourth-order valence-corrected chi connectivity index (χ4v) is 1.88. The fourth-order valence-electron chi connectivity index (χ4n) is 1.12. The maximum absolute atomic E-state index is 4.13. The average Bonchev–Trinajstić information content (AvgIpc) is 2.64. The molecule has 0 saturated heterocycles. The summed E-state index contributed by atoms with van der Waals surface area (Å²) < 4.78 is 0. The van der Waals surface area contributed by atoms with Crippen LogP contribution in [0.25, 0.3) is 0 Å². The molecule has 0 saturated carbocycles. The maximum Gasteiger partial charge on any atom is 0.120 e. The lowest BCUT2D eigenvalue weighted by Crippen LogP contribution is -1.90. The highest BCUT2D eigenvalue weighted by Gasteiger charge is 2.08. The quantitative estimate of drug-likeness (QED) is 0.708. The van der Waals surface area contributed by atoms with Gasteiger partial charge in [0.1, 0.15) is 10.0 Å².